The van der Waals surface area contributed by atoms with Crippen molar-refractivity contribution in [3.63, 3.8) is 0 Å². The number of rotatable bonds is 4. The van der Waals surface area contributed by atoms with Gasteiger partial charge in [0.05, 0.1) is 17.6 Å². The average Bonchev–Trinajstić information content (AvgIpc) is 3.00. The van der Waals surface area contributed by atoms with E-state index in [2.05, 4.69) is 14.9 Å². The lowest BCUT2D eigenvalue weighted by atomic mass is 9.90. The molecule has 7 heteroatoms. The van der Waals surface area contributed by atoms with Crippen molar-refractivity contribution in [2.24, 2.45) is 5.73 Å². The van der Waals surface area contributed by atoms with Gasteiger partial charge in [0.2, 0.25) is 5.91 Å². The fourth-order valence-electron chi connectivity index (χ4n) is 3.56. The molecule has 146 valence electrons. The van der Waals surface area contributed by atoms with Gasteiger partial charge in [-0.3, -0.25) is 4.79 Å². The summed E-state index contributed by atoms with van der Waals surface area (Å²) in [7, 11) is 0. The number of ether oxygens (including phenoxy) is 1. The van der Waals surface area contributed by atoms with E-state index < -0.39 is 5.54 Å². The second-order valence-electron chi connectivity index (χ2n) is 7.26. The second kappa shape index (κ2) is 7.54. The number of nitrogens with zero attached hydrogens (tertiary/aromatic N) is 2. The molecule has 3 aromatic rings. The summed E-state index contributed by atoms with van der Waals surface area (Å²) in [4.78, 5) is 17.3. The number of aromatic nitrogens is 2. The van der Waals surface area contributed by atoms with E-state index in [9.17, 15) is 4.79 Å². The zero-order valence-corrected chi connectivity index (χ0v) is 16.5. The predicted molar refractivity (Wildman–Crippen MR) is 111 cm³/mol. The Balaban J connectivity index is 1.59. The Hall–Kier alpha value is -2.41. The smallest absolute Gasteiger partial charge is 0.244 e. The van der Waals surface area contributed by atoms with Gasteiger partial charge in [-0.1, -0.05) is 23.7 Å². The quantitative estimate of drug-likeness (QED) is 0.704. The summed E-state index contributed by atoms with van der Waals surface area (Å²) in [6.07, 6.45) is 1.03. The molecule has 0 radical (unpaired) electrons. The van der Waals surface area contributed by atoms with Crippen LogP contribution in [0.3, 0.4) is 0 Å². The van der Waals surface area contributed by atoms with Crippen molar-refractivity contribution in [2.75, 3.05) is 18.5 Å². The maximum Gasteiger partial charge on any atom is 0.244 e. The van der Waals surface area contributed by atoms with Crippen LogP contribution in [0.2, 0.25) is 5.02 Å². The van der Waals surface area contributed by atoms with Gasteiger partial charge >= 0.3 is 0 Å². The van der Waals surface area contributed by atoms with Gasteiger partial charge in [-0.25, -0.2) is 4.98 Å². The largest absolute Gasteiger partial charge is 0.381 e. The van der Waals surface area contributed by atoms with Crippen LogP contribution >= 0.6 is 11.6 Å². The lowest BCUT2D eigenvalue weighted by molar-refractivity contribution is -0.124. The monoisotopic (exact) mass is 398 g/mol. The number of hydrogen-bond donors (Lipinski definition) is 2. The fourth-order valence-corrected chi connectivity index (χ4v) is 3.74. The van der Waals surface area contributed by atoms with Gasteiger partial charge in [-0.2, -0.15) is 0 Å². The Bertz CT molecular complexity index is 1020. The van der Waals surface area contributed by atoms with E-state index in [1.807, 2.05) is 37.3 Å². The van der Waals surface area contributed by atoms with Crippen molar-refractivity contribution in [3.8, 4) is 0 Å². The molecule has 1 aliphatic rings. The first kappa shape index (κ1) is 18.9. The number of amides is 1. The fraction of sp³-hybridized carbons (Fsp3) is 0.333. The normalized spacial score (nSPS) is 16.2. The average molecular weight is 399 g/mol. The van der Waals surface area contributed by atoms with Crippen LogP contribution in [0, 0.1) is 6.92 Å². The van der Waals surface area contributed by atoms with Crippen LogP contribution in [0.15, 0.2) is 42.5 Å². The van der Waals surface area contributed by atoms with E-state index in [0.29, 0.717) is 43.3 Å². The molecule has 1 fully saturated rings. The Morgan fingerprint density at radius 3 is 2.82 bits per heavy atom. The molecule has 0 saturated carbocycles. The highest BCUT2D eigenvalue weighted by Crippen LogP contribution is 2.26. The lowest BCUT2D eigenvalue weighted by Gasteiger charge is -2.31. The number of fused-ring (bicyclic) bond motifs is 1. The molecule has 1 amide bonds. The number of hydrogen-bond acceptors (Lipinski definition) is 4. The third-order valence-corrected chi connectivity index (χ3v) is 5.68. The van der Waals surface area contributed by atoms with Gasteiger partial charge in [0.15, 0.2) is 0 Å². The Morgan fingerprint density at radius 1 is 1.29 bits per heavy atom. The first-order valence-electron chi connectivity index (χ1n) is 9.35. The van der Waals surface area contributed by atoms with Crippen LogP contribution in [0.25, 0.3) is 11.0 Å². The van der Waals surface area contributed by atoms with Crippen LogP contribution in [-0.4, -0.2) is 34.2 Å². The van der Waals surface area contributed by atoms with Gasteiger partial charge in [-0.05, 0) is 55.7 Å². The summed E-state index contributed by atoms with van der Waals surface area (Å²) in [5.74, 6) is 0.725. The number of carbonyl (C=O) groups excluding carboxylic acids is 1. The van der Waals surface area contributed by atoms with Crippen LogP contribution in [0.4, 0.5) is 5.69 Å². The van der Waals surface area contributed by atoms with Crippen molar-refractivity contribution in [3.05, 3.63) is 58.9 Å². The van der Waals surface area contributed by atoms with Crippen LogP contribution in [0.5, 0.6) is 0 Å². The number of para-hydroxylation sites is 2. The molecule has 0 unspecified atom stereocenters. The van der Waals surface area contributed by atoms with Crippen molar-refractivity contribution < 1.29 is 9.53 Å². The van der Waals surface area contributed by atoms with E-state index in [4.69, 9.17) is 22.1 Å². The summed E-state index contributed by atoms with van der Waals surface area (Å²) in [5, 5.41) is 3.59. The molecule has 2 aromatic carbocycles. The van der Waals surface area contributed by atoms with Crippen LogP contribution < -0.4 is 11.1 Å². The Kier molecular flexibility index (Phi) is 5.10. The minimum atomic E-state index is -0.894. The van der Waals surface area contributed by atoms with Crippen LogP contribution in [-0.2, 0) is 16.1 Å². The van der Waals surface area contributed by atoms with Crippen molar-refractivity contribution in [1.29, 1.82) is 0 Å². The zero-order valence-electron chi connectivity index (χ0n) is 15.7. The van der Waals surface area contributed by atoms with E-state index in [-0.39, 0.29) is 5.91 Å². The van der Waals surface area contributed by atoms with Gasteiger partial charge in [0.25, 0.3) is 0 Å². The number of imidazole rings is 1. The van der Waals surface area contributed by atoms with Gasteiger partial charge in [0.1, 0.15) is 11.4 Å². The third kappa shape index (κ3) is 3.63. The van der Waals surface area contributed by atoms with Crippen LogP contribution in [0.1, 0.15) is 24.2 Å². The SMILES string of the molecule is Cc1nc2ccccc2n1Cc1cc(NC(=O)C2(N)CCOCC2)ccc1Cl. The molecular weight excluding hydrogens is 376 g/mol. The highest BCUT2D eigenvalue weighted by molar-refractivity contribution is 6.31. The number of nitrogens with one attached hydrogen (secondary N) is 1. The number of anilines is 1. The summed E-state index contributed by atoms with van der Waals surface area (Å²) in [5.41, 5.74) is 8.97. The molecule has 3 N–H and O–H groups in total. The Morgan fingerprint density at radius 2 is 2.04 bits per heavy atom. The molecule has 0 spiro atoms. The van der Waals surface area contributed by atoms with Crippen molar-refractivity contribution in [2.45, 2.75) is 31.8 Å². The van der Waals surface area contributed by atoms with E-state index >= 15 is 0 Å². The molecule has 1 aromatic heterocycles. The van der Waals surface area contributed by atoms with Gasteiger partial charge < -0.3 is 20.4 Å². The lowest BCUT2D eigenvalue weighted by Crippen LogP contribution is -2.54. The van der Waals surface area contributed by atoms with E-state index in [1.165, 1.54) is 0 Å². The summed E-state index contributed by atoms with van der Waals surface area (Å²) in [6.45, 7) is 3.55. The third-order valence-electron chi connectivity index (χ3n) is 5.31. The molecule has 0 aliphatic carbocycles. The van der Waals surface area contributed by atoms with Gasteiger partial charge in [0, 0.05) is 23.9 Å². The molecule has 1 saturated heterocycles. The maximum atomic E-state index is 12.7. The summed E-state index contributed by atoms with van der Waals surface area (Å²) < 4.78 is 7.44. The molecule has 28 heavy (non-hydrogen) atoms. The molecule has 2 heterocycles. The molecular formula is C21H23ClN4O2. The first-order chi connectivity index (χ1) is 13.5. The van der Waals surface area contributed by atoms with Crippen molar-refractivity contribution in [1.82, 2.24) is 9.55 Å². The van der Waals surface area contributed by atoms with Crippen molar-refractivity contribution >= 4 is 34.2 Å². The number of carbonyl (C=O) groups is 1. The number of benzene rings is 2. The Labute approximate surface area is 168 Å². The molecule has 0 bridgehead atoms. The molecule has 0 atom stereocenters. The van der Waals surface area contributed by atoms with E-state index in [0.717, 1.165) is 22.4 Å². The molecule has 6 nitrogen and oxygen atoms in total. The molecule has 1 aliphatic heterocycles. The topological polar surface area (TPSA) is 82.2 Å². The summed E-state index contributed by atoms with van der Waals surface area (Å²) in [6, 6.07) is 13.5. The number of nitrogens with two attached hydrogens (primary N) is 1. The number of aryl methyl sites for hydroxylation is 1. The maximum absolute atomic E-state index is 12.7. The minimum Gasteiger partial charge on any atom is -0.381 e. The highest BCUT2D eigenvalue weighted by atomic mass is 35.5. The molecule has 4 rings (SSSR count). The summed E-state index contributed by atoms with van der Waals surface area (Å²) >= 11 is 6.44. The minimum absolute atomic E-state index is 0.187. The number of halogens is 1. The van der Waals surface area contributed by atoms with Gasteiger partial charge in [-0.15, -0.1) is 0 Å². The zero-order chi connectivity index (χ0) is 19.7. The standard InChI is InChI=1S/C21H23ClN4O2/c1-14-24-18-4-2-3-5-19(18)26(14)13-15-12-16(6-7-17(15)22)25-20(27)21(23)8-10-28-11-9-21/h2-7,12H,8-11,13,23H2,1H3,(H,25,27). The first-order valence-corrected chi connectivity index (χ1v) is 9.72. The second-order valence-corrected chi connectivity index (χ2v) is 7.67. The predicted octanol–water partition coefficient (Wildman–Crippen LogP) is 3.49. The van der Waals surface area contributed by atoms with E-state index in [1.54, 1.807) is 12.1 Å². The highest BCUT2D eigenvalue weighted by Gasteiger charge is 2.35.